The number of hydrogen-bond acceptors (Lipinski definition) is 5. The Hall–Kier alpha value is -2.02. The van der Waals surface area contributed by atoms with Gasteiger partial charge in [0.25, 0.3) is 5.69 Å². The van der Waals surface area contributed by atoms with Gasteiger partial charge < -0.3 is 10.5 Å². The molecule has 6 nitrogen and oxygen atoms in total. The first-order chi connectivity index (χ1) is 8.77. The van der Waals surface area contributed by atoms with E-state index in [1.807, 2.05) is 0 Å². The number of carbonyl (C=O) groups excluding carboxylic acids is 1. The molecule has 0 bridgehead atoms. The normalized spacial score (nSPS) is 13.7. The first-order valence-electron chi connectivity index (χ1n) is 5.67. The molecule has 0 heterocycles. The molecule has 0 aliphatic heterocycles. The minimum Gasteiger partial charge on any atom is -0.466 e. The van der Waals surface area contributed by atoms with Gasteiger partial charge in [0, 0.05) is 17.7 Å². The van der Waals surface area contributed by atoms with Gasteiger partial charge in [-0.25, -0.2) is 4.39 Å². The van der Waals surface area contributed by atoms with Crippen molar-refractivity contribution in [2.24, 2.45) is 5.73 Å². The molecule has 0 aliphatic carbocycles. The van der Waals surface area contributed by atoms with Crippen LogP contribution in [0.2, 0.25) is 0 Å². The fourth-order valence-electron chi connectivity index (χ4n) is 1.67. The average Bonchev–Trinajstić information content (AvgIpc) is 2.28. The highest BCUT2D eigenvalue weighted by Crippen LogP contribution is 2.28. The average molecular weight is 270 g/mol. The summed E-state index contributed by atoms with van der Waals surface area (Å²) in [5, 5.41) is 10.7. The van der Waals surface area contributed by atoms with Gasteiger partial charge in [0.2, 0.25) is 0 Å². The van der Waals surface area contributed by atoms with Gasteiger partial charge in [-0.05, 0) is 19.9 Å². The van der Waals surface area contributed by atoms with Crippen molar-refractivity contribution in [3.05, 3.63) is 39.7 Å². The van der Waals surface area contributed by atoms with Crippen LogP contribution in [0.5, 0.6) is 0 Å². The first kappa shape index (κ1) is 15.0. The molecule has 0 amide bonds. The van der Waals surface area contributed by atoms with Crippen LogP contribution in [0.15, 0.2) is 18.2 Å². The number of halogens is 1. The van der Waals surface area contributed by atoms with Crippen molar-refractivity contribution in [2.75, 3.05) is 6.61 Å². The standard InChI is InChI=1S/C12H15FN2O4/c1-3-19-11(16)7-12(2,14)9-6-8(15(17)18)4-5-10(9)13/h4-6H,3,7,14H2,1-2H3. The highest BCUT2D eigenvalue weighted by Gasteiger charge is 2.30. The maximum Gasteiger partial charge on any atom is 0.307 e. The van der Waals surface area contributed by atoms with Crippen LogP contribution in [0.4, 0.5) is 10.1 Å². The van der Waals surface area contributed by atoms with Gasteiger partial charge in [0.15, 0.2) is 0 Å². The Kier molecular flexibility index (Phi) is 4.55. The van der Waals surface area contributed by atoms with Crippen molar-refractivity contribution < 1.29 is 18.8 Å². The summed E-state index contributed by atoms with van der Waals surface area (Å²) in [7, 11) is 0. The van der Waals surface area contributed by atoms with Crippen LogP contribution >= 0.6 is 0 Å². The van der Waals surface area contributed by atoms with E-state index in [1.165, 1.54) is 6.92 Å². The van der Waals surface area contributed by atoms with Crippen molar-refractivity contribution in [3.63, 3.8) is 0 Å². The lowest BCUT2D eigenvalue weighted by atomic mass is 9.89. The van der Waals surface area contributed by atoms with E-state index in [1.54, 1.807) is 6.92 Å². The number of nitrogens with zero attached hydrogens (tertiary/aromatic N) is 1. The quantitative estimate of drug-likeness (QED) is 0.500. The topological polar surface area (TPSA) is 95.5 Å². The molecule has 0 aliphatic rings. The van der Waals surface area contributed by atoms with Crippen LogP contribution in [0, 0.1) is 15.9 Å². The van der Waals surface area contributed by atoms with E-state index in [9.17, 15) is 19.3 Å². The predicted octanol–water partition coefficient (Wildman–Crippen LogP) is 1.86. The summed E-state index contributed by atoms with van der Waals surface area (Å²) in [5.74, 6) is -1.28. The Labute approximate surface area is 109 Å². The Morgan fingerprint density at radius 1 is 1.58 bits per heavy atom. The Morgan fingerprint density at radius 2 is 2.21 bits per heavy atom. The molecule has 1 atom stereocenters. The van der Waals surface area contributed by atoms with E-state index in [-0.39, 0.29) is 24.3 Å². The molecule has 0 saturated heterocycles. The lowest BCUT2D eigenvalue weighted by molar-refractivity contribution is -0.385. The van der Waals surface area contributed by atoms with Crippen molar-refractivity contribution in [2.45, 2.75) is 25.8 Å². The van der Waals surface area contributed by atoms with Crippen molar-refractivity contribution in [1.82, 2.24) is 0 Å². The SMILES string of the molecule is CCOC(=O)CC(C)(N)c1cc([N+](=O)[O-])ccc1F. The molecule has 104 valence electrons. The smallest absolute Gasteiger partial charge is 0.307 e. The number of esters is 1. The van der Waals surface area contributed by atoms with Gasteiger partial charge in [0.05, 0.1) is 23.5 Å². The molecular weight excluding hydrogens is 255 g/mol. The van der Waals surface area contributed by atoms with Gasteiger partial charge in [-0.2, -0.15) is 0 Å². The van der Waals surface area contributed by atoms with E-state index < -0.39 is 22.2 Å². The van der Waals surface area contributed by atoms with E-state index >= 15 is 0 Å². The number of rotatable bonds is 5. The zero-order valence-electron chi connectivity index (χ0n) is 10.7. The summed E-state index contributed by atoms with van der Waals surface area (Å²) < 4.78 is 18.5. The number of ether oxygens (including phenoxy) is 1. The molecule has 0 aromatic heterocycles. The molecule has 19 heavy (non-hydrogen) atoms. The van der Waals surface area contributed by atoms with Crippen molar-refractivity contribution in [1.29, 1.82) is 0 Å². The molecule has 1 unspecified atom stereocenters. The number of carbonyl (C=O) groups is 1. The van der Waals surface area contributed by atoms with E-state index in [4.69, 9.17) is 10.5 Å². The fourth-order valence-corrected chi connectivity index (χ4v) is 1.67. The molecule has 0 saturated carbocycles. The molecule has 2 N–H and O–H groups in total. The summed E-state index contributed by atoms with van der Waals surface area (Å²) in [6.07, 6.45) is -0.265. The van der Waals surface area contributed by atoms with E-state index in [2.05, 4.69) is 0 Å². The van der Waals surface area contributed by atoms with Crippen LogP contribution in [0.1, 0.15) is 25.8 Å². The molecular formula is C12H15FN2O4. The highest BCUT2D eigenvalue weighted by atomic mass is 19.1. The Morgan fingerprint density at radius 3 is 2.74 bits per heavy atom. The minimum atomic E-state index is -1.37. The van der Waals surface area contributed by atoms with Crippen LogP contribution in [0.25, 0.3) is 0 Å². The van der Waals surface area contributed by atoms with Crippen molar-refractivity contribution in [3.8, 4) is 0 Å². The van der Waals surface area contributed by atoms with Gasteiger partial charge in [-0.15, -0.1) is 0 Å². The first-order valence-corrected chi connectivity index (χ1v) is 5.67. The molecule has 1 aromatic carbocycles. The highest BCUT2D eigenvalue weighted by molar-refractivity contribution is 5.71. The van der Waals surface area contributed by atoms with Gasteiger partial charge in [-0.1, -0.05) is 0 Å². The summed E-state index contributed by atoms with van der Waals surface area (Å²) in [5.41, 5.74) is 4.13. The zero-order chi connectivity index (χ0) is 14.6. The summed E-state index contributed by atoms with van der Waals surface area (Å²) in [4.78, 5) is 21.4. The van der Waals surface area contributed by atoms with E-state index in [0.717, 1.165) is 18.2 Å². The summed E-state index contributed by atoms with van der Waals surface area (Å²) in [6, 6.07) is 3.04. The predicted molar refractivity (Wildman–Crippen MR) is 65.8 cm³/mol. The van der Waals surface area contributed by atoms with E-state index in [0.29, 0.717) is 0 Å². The monoisotopic (exact) mass is 270 g/mol. The summed E-state index contributed by atoms with van der Waals surface area (Å²) >= 11 is 0. The number of benzene rings is 1. The number of non-ortho nitro benzene ring substituents is 1. The van der Waals surface area contributed by atoms with Gasteiger partial charge in [-0.3, -0.25) is 14.9 Å². The van der Waals surface area contributed by atoms with Crippen LogP contribution in [-0.4, -0.2) is 17.5 Å². The third-order valence-corrected chi connectivity index (χ3v) is 2.59. The number of nitro groups is 1. The lowest BCUT2D eigenvalue weighted by Gasteiger charge is -2.24. The number of nitrogens with two attached hydrogens (primary N) is 1. The molecule has 7 heteroatoms. The number of nitro benzene ring substituents is 1. The lowest BCUT2D eigenvalue weighted by Crippen LogP contribution is -2.37. The maximum absolute atomic E-state index is 13.7. The third kappa shape index (κ3) is 3.72. The maximum atomic E-state index is 13.7. The molecule has 0 spiro atoms. The molecule has 0 radical (unpaired) electrons. The number of hydrogen-bond donors (Lipinski definition) is 1. The fraction of sp³-hybridized carbons (Fsp3) is 0.417. The van der Waals surface area contributed by atoms with Gasteiger partial charge in [0.1, 0.15) is 5.82 Å². The molecule has 0 fully saturated rings. The van der Waals surface area contributed by atoms with Crippen LogP contribution < -0.4 is 5.73 Å². The largest absolute Gasteiger partial charge is 0.466 e. The van der Waals surface area contributed by atoms with Crippen LogP contribution in [0.3, 0.4) is 0 Å². The molecule has 1 rings (SSSR count). The Bertz CT molecular complexity index is 503. The molecule has 1 aromatic rings. The van der Waals surface area contributed by atoms with Gasteiger partial charge >= 0.3 is 5.97 Å². The zero-order valence-corrected chi connectivity index (χ0v) is 10.7. The third-order valence-electron chi connectivity index (χ3n) is 2.59. The summed E-state index contributed by atoms with van der Waals surface area (Å²) in [6.45, 7) is 3.25. The second kappa shape index (κ2) is 5.75. The minimum absolute atomic E-state index is 0.0882. The van der Waals surface area contributed by atoms with Crippen molar-refractivity contribution >= 4 is 11.7 Å². The van der Waals surface area contributed by atoms with Crippen LogP contribution in [-0.2, 0) is 15.1 Å². The second-order valence-corrected chi connectivity index (χ2v) is 4.32. The second-order valence-electron chi connectivity index (χ2n) is 4.32. The Balaban J connectivity index is 3.09.